The fourth-order valence-electron chi connectivity index (χ4n) is 2.43. The number of amides is 2. The van der Waals surface area contributed by atoms with Gasteiger partial charge >= 0.3 is 0 Å². The highest BCUT2D eigenvalue weighted by Gasteiger charge is 2.12. The van der Waals surface area contributed by atoms with E-state index in [9.17, 15) is 9.59 Å². The third-order valence-electron chi connectivity index (χ3n) is 3.88. The molecule has 0 spiro atoms. The average Bonchev–Trinajstić information content (AvgIpc) is 2.61. The molecule has 5 nitrogen and oxygen atoms in total. The molecule has 0 aromatic heterocycles. The Morgan fingerprint density at radius 3 is 2.38 bits per heavy atom. The number of halogens is 1. The molecule has 2 aromatic rings. The van der Waals surface area contributed by atoms with Gasteiger partial charge in [0.15, 0.2) is 0 Å². The molecule has 0 fully saturated rings. The zero-order chi connectivity index (χ0) is 18.2. The fourth-order valence-corrected chi connectivity index (χ4v) is 2.43. The van der Waals surface area contributed by atoms with Crippen molar-refractivity contribution in [1.29, 1.82) is 0 Å². The predicted molar refractivity (Wildman–Crippen MR) is 108 cm³/mol. The number of carbonyl (C=O) groups is 2. The third-order valence-corrected chi connectivity index (χ3v) is 3.88. The Labute approximate surface area is 160 Å². The summed E-state index contributed by atoms with van der Waals surface area (Å²) in [6.07, 6.45) is 1.07. The van der Waals surface area contributed by atoms with E-state index in [1.54, 1.807) is 12.1 Å². The molecule has 0 aliphatic carbocycles. The SMILES string of the molecule is CC(N)CCC(=O)NC(C)c1cccc(NC(=O)c2ccccc2)c1.Cl. The molecule has 0 saturated carbocycles. The molecule has 0 aliphatic heterocycles. The number of nitrogens with two attached hydrogens (primary N) is 1. The number of rotatable bonds is 7. The molecule has 2 aromatic carbocycles. The van der Waals surface area contributed by atoms with Crippen molar-refractivity contribution in [3.05, 3.63) is 65.7 Å². The Balaban J connectivity index is 0.00000338. The lowest BCUT2D eigenvalue weighted by Crippen LogP contribution is -2.28. The van der Waals surface area contributed by atoms with Gasteiger partial charge in [-0.25, -0.2) is 0 Å². The number of carbonyl (C=O) groups excluding carboxylic acids is 2. The normalized spacial score (nSPS) is 12.4. The minimum atomic E-state index is -0.161. The second kappa shape index (κ2) is 10.6. The van der Waals surface area contributed by atoms with Gasteiger partial charge < -0.3 is 16.4 Å². The van der Waals surface area contributed by atoms with Crippen LogP contribution in [0.5, 0.6) is 0 Å². The van der Waals surface area contributed by atoms with Crippen LogP contribution in [0.3, 0.4) is 0 Å². The van der Waals surface area contributed by atoms with Crippen molar-refractivity contribution in [2.75, 3.05) is 5.32 Å². The van der Waals surface area contributed by atoms with Gasteiger partial charge in [-0.3, -0.25) is 9.59 Å². The minimum Gasteiger partial charge on any atom is -0.350 e. The zero-order valence-corrected chi connectivity index (χ0v) is 15.9. The van der Waals surface area contributed by atoms with Gasteiger partial charge in [-0.2, -0.15) is 0 Å². The standard InChI is InChI=1S/C20H25N3O2.ClH/c1-14(21)11-12-19(24)22-15(2)17-9-6-10-18(13-17)23-20(25)16-7-4-3-5-8-16;/h3-10,13-15H,11-12,21H2,1-2H3,(H,22,24)(H,23,25);1H. The lowest BCUT2D eigenvalue weighted by molar-refractivity contribution is -0.121. The Morgan fingerprint density at radius 1 is 1.04 bits per heavy atom. The van der Waals surface area contributed by atoms with Crippen molar-refractivity contribution >= 4 is 29.9 Å². The van der Waals surface area contributed by atoms with Crippen molar-refractivity contribution in [3.63, 3.8) is 0 Å². The van der Waals surface area contributed by atoms with Crippen molar-refractivity contribution in [2.45, 2.75) is 38.8 Å². The second-order valence-corrected chi connectivity index (χ2v) is 6.25. The van der Waals surface area contributed by atoms with Crippen molar-refractivity contribution < 1.29 is 9.59 Å². The van der Waals surface area contributed by atoms with Gasteiger partial charge in [-0.05, 0) is 50.1 Å². The largest absolute Gasteiger partial charge is 0.350 e. The maximum atomic E-state index is 12.2. The fraction of sp³-hybridized carbons (Fsp3) is 0.300. The van der Waals surface area contributed by atoms with Gasteiger partial charge in [0.1, 0.15) is 0 Å². The van der Waals surface area contributed by atoms with Gasteiger partial charge in [0.05, 0.1) is 6.04 Å². The Morgan fingerprint density at radius 2 is 1.73 bits per heavy atom. The Bertz CT molecular complexity index is 720. The van der Waals surface area contributed by atoms with Gasteiger partial charge in [0, 0.05) is 23.7 Å². The van der Waals surface area contributed by atoms with E-state index in [-0.39, 0.29) is 36.3 Å². The van der Waals surface area contributed by atoms with E-state index >= 15 is 0 Å². The molecular weight excluding hydrogens is 350 g/mol. The van der Waals surface area contributed by atoms with E-state index in [0.717, 1.165) is 5.56 Å². The van der Waals surface area contributed by atoms with E-state index in [0.29, 0.717) is 24.1 Å². The number of anilines is 1. The molecule has 0 aliphatic rings. The number of hydrogen-bond donors (Lipinski definition) is 3. The summed E-state index contributed by atoms with van der Waals surface area (Å²) >= 11 is 0. The van der Waals surface area contributed by atoms with Crippen LogP contribution in [0.2, 0.25) is 0 Å². The van der Waals surface area contributed by atoms with Crippen LogP contribution in [0.4, 0.5) is 5.69 Å². The first-order valence-corrected chi connectivity index (χ1v) is 8.47. The predicted octanol–water partition coefficient (Wildman–Crippen LogP) is 3.67. The molecule has 0 bridgehead atoms. The maximum absolute atomic E-state index is 12.2. The topological polar surface area (TPSA) is 84.2 Å². The lowest BCUT2D eigenvalue weighted by atomic mass is 10.1. The summed E-state index contributed by atoms with van der Waals surface area (Å²) in [5.74, 6) is -0.185. The monoisotopic (exact) mass is 375 g/mol. The van der Waals surface area contributed by atoms with Gasteiger partial charge in [0.2, 0.25) is 5.91 Å². The summed E-state index contributed by atoms with van der Waals surface area (Å²) in [7, 11) is 0. The molecular formula is C20H26ClN3O2. The number of benzene rings is 2. The molecule has 4 N–H and O–H groups in total. The van der Waals surface area contributed by atoms with Gasteiger partial charge in [-0.15, -0.1) is 12.4 Å². The third kappa shape index (κ3) is 6.86. The molecule has 0 radical (unpaired) electrons. The van der Waals surface area contributed by atoms with Crippen LogP contribution in [0.25, 0.3) is 0 Å². The lowest BCUT2D eigenvalue weighted by Gasteiger charge is -2.16. The molecule has 2 unspecified atom stereocenters. The summed E-state index contributed by atoms with van der Waals surface area (Å²) < 4.78 is 0. The van der Waals surface area contributed by atoms with E-state index < -0.39 is 0 Å². The second-order valence-electron chi connectivity index (χ2n) is 6.25. The highest BCUT2D eigenvalue weighted by molar-refractivity contribution is 6.04. The maximum Gasteiger partial charge on any atom is 0.255 e. The van der Waals surface area contributed by atoms with E-state index in [2.05, 4.69) is 10.6 Å². The number of nitrogens with one attached hydrogen (secondary N) is 2. The quantitative estimate of drug-likeness (QED) is 0.690. The van der Waals surface area contributed by atoms with Crippen LogP contribution in [-0.4, -0.2) is 17.9 Å². The van der Waals surface area contributed by atoms with Gasteiger partial charge in [0.25, 0.3) is 5.91 Å². The van der Waals surface area contributed by atoms with Crippen LogP contribution in [-0.2, 0) is 4.79 Å². The smallest absolute Gasteiger partial charge is 0.255 e. The van der Waals surface area contributed by atoms with Crippen molar-refractivity contribution in [1.82, 2.24) is 5.32 Å². The molecule has 2 atom stereocenters. The Hall–Kier alpha value is -2.37. The van der Waals surface area contributed by atoms with Crippen LogP contribution >= 0.6 is 12.4 Å². The highest BCUT2D eigenvalue weighted by Crippen LogP contribution is 2.18. The summed E-state index contributed by atoms with van der Waals surface area (Å²) in [6.45, 7) is 3.80. The van der Waals surface area contributed by atoms with Gasteiger partial charge in [-0.1, -0.05) is 30.3 Å². The van der Waals surface area contributed by atoms with Crippen molar-refractivity contribution in [2.24, 2.45) is 5.73 Å². The molecule has 26 heavy (non-hydrogen) atoms. The van der Waals surface area contributed by atoms with E-state index in [1.165, 1.54) is 0 Å². The van der Waals surface area contributed by atoms with Crippen LogP contribution in [0, 0.1) is 0 Å². The highest BCUT2D eigenvalue weighted by atomic mass is 35.5. The molecule has 140 valence electrons. The number of hydrogen-bond acceptors (Lipinski definition) is 3. The zero-order valence-electron chi connectivity index (χ0n) is 15.1. The van der Waals surface area contributed by atoms with Crippen molar-refractivity contribution in [3.8, 4) is 0 Å². The molecule has 2 rings (SSSR count). The molecule has 0 heterocycles. The first kappa shape index (κ1) is 21.7. The molecule has 6 heteroatoms. The minimum absolute atomic E-state index is 0. The van der Waals surface area contributed by atoms with Crippen LogP contribution in [0.15, 0.2) is 54.6 Å². The summed E-state index contributed by atoms with van der Waals surface area (Å²) in [4.78, 5) is 24.2. The summed E-state index contributed by atoms with van der Waals surface area (Å²) in [6, 6.07) is 16.4. The van der Waals surface area contributed by atoms with E-state index in [1.807, 2.05) is 56.3 Å². The first-order chi connectivity index (χ1) is 12.0. The summed E-state index contributed by atoms with van der Waals surface area (Å²) in [5, 5.41) is 5.84. The summed E-state index contributed by atoms with van der Waals surface area (Å²) in [5.41, 5.74) is 7.91. The molecule has 2 amide bonds. The van der Waals surface area contributed by atoms with Crippen LogP contribution in [0.1, 0.15) is 48.7 Å². The van der Waals surface area contributed by atoms with Crippen LogP contribution < -0.4 is 16.4 Å². The molecule has 0 saturated heterocycles. The average molecular weight is 376 g/mol. The first-order valence-electron chi connectivity index (χ1n) is 8.47. The van der Waals surface area contributed by atoms with E-state index in [4.69, 9.17) is 5.73 Å². The Kier molecular flexibility index (Phi) is 8.82.